The van der Waals surface area contributed by atoms with Crippen LogP contribution in [0.15, 0.2) is 106 Å². The van der Waals surface area contributed by atoms with Crippen molar-refractivity contribution in [2.24, 2.45) is 9.98 Å². The standard InChI is InChI=1S/C34H26N6/c1-3-39-31-11-7-5-9-25(31)27-17-23(13-15-33(27)39)21-37-29(19-35)30(20-36)38-22-24-14-16-34-28(18-24)26-10-6-8-12-32(26)40(34)4-2/h5-18,21-22H,3-4H2,1-2H3/b30-29-,37-21?,38-22?. The average molecular weight is 519 g/mol. The number of rotatable bonds is 6. The molecule has 6 heteroatoms. The number of nitriles is 2. The van der Waals surface area contributed by atoms with Gasteiger partial charge in [0, 0.05) is 69.1 Å². The minimum absolute atomic E-state index is 0.0292. The number of fused-ring (bicyclic) bond motifs is 6. The van der Waals surface area contributed by atoms with Gasteiger partial charge in [0.05, 0.1) is 0 Å². The fourth-order valence-corrected chi connectivity index (χ4v) is 5.55. The van der Waals surface area contributed by atoms with Crippen LogP contribution in [-0.4, -0.2) is 21.6 Å². The van der Waals surface area contributed by atoms with Gasteiger partial charge in [-0.1, -0.05) is 48.5 Å². The van der Waals surface area contributed by atoms with Crippen LogP contribution in [0.25, 0.3) is 43.6 Å². The smallest absolute Gasteiger partial charge is 0.176 e. The average Bonchev–Trinajstić information content (AvgIpc) is 3.50. The zero-order valence-corrected chi connectivity index (χ0v) is 22.3. The lowest BCUT2D eigenvalue weighted by molar-refractivity contribution is 0.827. The van der Waals surface area contributed by atoms with Crippen molar-refractivity contribution in [3.8, 4) is 12.1 Å². The summed E-state index contributed by atoms with van der Waals surface area (Å²) in [4.78, 5) is 8.72. The molecule has 0 aliphatic carbocycles. The normalized spacial score (nSPS) is 12.6. The quantitative estimate of drug-likeness (QED) is 0.167. The van der Waals surface area contributed by atoms with E-state index in [0.717, 1.165) is 46.0 Å². The first-order valence-corrected chi connectivity index (χ1v) is 13.3. The van der Waals surface area contributed by atoms with Crippen LogP contribution in [0, 0.1) is 22.7 Å². The van der Waals surface area contributed by atoms with Crippen molar-refractivity contribution in [3.63, 3.8) is 0 Å². The second-order valence-electron chi connectivity index (χ2n) is 9.51. The highest BCUT2D eigenvalue weighted by molar-refractivity contribution is 6.10. The molecule has 0 amide bonds. The van der Waals surface area contributed by atoms with Gasteiger partial charge in [-0.2, -0.15) is 10.5 Å². The monoisotopic (exact) mass is 518 g/mol. The van der Waals surface area contributed by atoms with E-state index in [4.69, 9.17) is 0 Å². The Balaban J connectivity index is 1.34. The summed E-state index contributed by atoms with van der Waals surface area (Å²) in [5.41, 5.74) is 6.31. The van der Waals surface area contributed by atoms with Crippen LogP contribution >= 0.6 is 0 Å². The van der Waals surface area contributed by atoms with Crippen molar-refractivity contribution in [2.75, 3.05) is 0 Å². The maximum absolute atomic E-state index is 9.79. The Kier molecular flexibility index (Phi) is 6.44. The van der Waals surface area contributed by atoms with Crippen molar-refractivity contribution in [3.05, 3.63) is 107 Å². The molecule has 2 heterocycles. The van der Waals surface area contributed by atoms with Crippen molar-refractivity contribution >= 4 is 56.0 Å². The fourth-order valence-electron chi connectivity index (χ4n) is 5.55. The first kappa shape index (κ1) is 24.9. The third-order valence-corrected chi connectivity index (χ3v) is 7.35. The lowest BCUT2D eigenvalue weighted by Gasteiger charge is -2.02. The molecule has 0 fully saturated rings. The van der Waals surface area contributed by atoms with Crippen LogP contribution in [0.3, 0.4) is 0 Å². The predicted molar refractivity (Wildman–Crippen MR) is 164 cm³/mol. The van der Waals surface area contributed by atoms with Crippen molar-refractivity contribution < 1.29 is 0 Å². The maximum atomic E-state index is 9.79. The van der Waals surface area contributed by atoms with Crippen molar-refractivity contribution in [1.82, 2.24) is 9.13 Å². The largest absolute Gasteiger partial charge is 0.341 e. The third-order valence-electron chi connectivity index (χ3n) is 7.35. The predicted octanol–water partition coefficient (Wildman–Crippen LogP) is 7.74. The van der Waals surface area contributed by atoms with Gasteiger partial charge in [-0.25, -0.2) is 9.98 Å². The summed E-state index contributed by atoms with van der Waals surface area (Å²) in [6, 6.07) is 33.0. The van der Waals surface area contributed by atoms with Gasteiger partial charge in [-0.15, -0.1) is 0 Å². The van der Waals surface area contributed by atoms with Crippen LogP contribution in [0.1, 0.15) is 25.0 Å². The van der Waals surface area contributed by atoms with Crippen LogP contribution in [-0.2, 0) is 13.1 Å². The molecular formula is C34H26N6. The summed E-state index contributed by atoms with van der Waals surface area (Å²) in [7, 11) is 0. The number of hydrogen-bond acceptors (Lipinski definition) is 4. The van der Waals surface area contributed by atoms with E-state index >= 15 is 0 Å². The summed E-state index contributed by atoms with van der Waals surface area (Å²) in [6.45, 7) is 6.01. The highest BCUT2D eigenvalue weighted by Crippen LogP contribution is 2.30. The fraction of sp³-hybridized carbons (Fsp3) is 0.118. The van der Waals surface area contributed by atoms with Gasteiger partial charge in [0.1, 0.15) is 12.1 Å². The van der Waals surface area contributed by atoms with E-state index < -0.39 is 0 Å². The molecule has 4 aromatic carbocycles. The molecule has 0 unspecified atom stereocenters. The molecule has 2 aromatic heterocycles. The Bertz CT molecular complexity index is 1950. The molecule has 6 aromatic rings. The summed E-state index contributed by atoms with van der Waals surface area (Å²) >= 11 is 0. The molecule has 0 aliphatic heterocycles. The molecule has 0 aliphatic rings. The molecule has 0 bridgehead atoms. The topological polar surface area (TPSA) is 82.2 Å². The molecule has 0 saturated heterocycles. The number of nitrogens with zero attached hydrogens (tertiary/aromatic N) is 6. The van der Waals surface area contributed by atoms with Crippen molar-refractivity contribution in [1.29, 1.82) is 10.5 Å². The Labute approximate surface area is 232 Å². The number of benzene rings is 4. The maximum Gasteiger partial charge on any atom is 0.176 e. The number of aryl methyl sites for hydroxylation is 2. The lowest BCUT2D eigenvalue weighted by Crippen LogP contribution is -1.93. The third kappa shape index (κ3) is 4.13. The van der Waals surface area contributed by atoms with Crippen LogP contribution in [0.5, 0.6) is 0 Å². The van der Waals surface area contributed by atoms with Gasteiger partial charge >= 0.3 is 0 Å². The molecule has 6 rings (SSSR count). The van der Waals surface area contributed by atoms with Gasteiger partial charge in [0.15, 0.2) is 11.4 Å². The summed E-state index contributed by atoms with van der Waals surface area (Å²) < 4.78 is 4.57. The van der Waals surface area contributed by atoms with Gasteiger partial charge < -0.3 is 9.13 Å². The second kappa shape index (κ2) is 10.4. The zero-order valence-electron chi connectivity index (χ0n) is 22.3. The second-order valence-corrected chi connectivity index (χ2v) is 9.51. The number of hydrogen-bond donors (Lipinski definition) is 0. The van der Waals surface area contributed by atoms with Gasteiger partial charge in [-0.3, -0.25) is 0 Å². The Morgan fingerprint density at radius 2 is 1.00 bits per heavy atom. The highest BCUT2D eigenvalue weighted by Gasteiger charge is 2.11. The summed E-state index contributed by atoms with van der Waals surface area (Å²) in [5.74, 6) is 0. The van der Waals surface area contributed by atoms with E-state index in [1.54, 1.807) is 12.4 Å². The molecule has 0 N–H and O–H groups in total. The summed E-state index contributed by atoms with van der Waals surface area (Å²) in [6.07, 6.45) is 3.24. The van der Waals surface area contributed by atoms with Gasteiger partial charge in [-0.05, 0) is 61.4 Å². The van der Waals surface area contributed by atoms with E-state index in [0.29, 0.717) is 0 Å². The number of allylic oxidation sites excluding steroid dienone is 2. The van der Waals surface area contributed by atoms with Gasteiger partial charge in [0.25, 0.3) is 0 Å². The van der Waals surface area contributed by atoms with Crippen molar-refractivity contribution in [2.45, 2.75) is 26.9 Å². The highest BCUT2D eigenvalue weighted by atomic mass is 15.0. The molecule has 40 heavy (non-hydrogen) atoms. The van der Waals surface area contributed by atoms with Gasteiger partial charge in [0.2, 0.25) is 0 Å². The number of aliphatic imine (C=N–C) groups is 2. The molecule has 6 nitrogen and oxygen atoms in total. The Hall–Kier alpha value is -5.46. The van der Waals surface area contributed by atoms with Crippen LogP contribution in [0.4, 0.5) is 0 Å². The lowest BCUT2D eigenvalue weighted by atomic mass is 10.1. The SMILES string of the molecule is CCn1c2ccccc2c2cc(C=N/C(C#N)=C(/C#N)N=Cc3ccc4c(c3)c3ccccc3n4CC)ccc21. The molecule has 0 atom stereocenters. The van der Waals surface area contributed by atoms with E-state index in [2.05, 4.69) is 81.5 Å². The number of para-hydroxylation sites is 2. The molecule has 0 spiro atoms. The van der Waals surface area contributed by atoms with E-state index in [9.17, 15) is 10.5 Å². The Morgan fingerprint density at radius 3 is 1.40 bits per heavy atom. The first-order valence-electron chi connectivity index (χ1n) is 13.3. The first-order chi connectivity index (χ1) is 19.7. The minimum atomic E-state index is -0.0292. The molecular weight excluding hydrogens is 492 g/mol. The van der Waals surface area contributed by atoms with E-state index in [1.807, 2.05) is 48.5 Å². The minimum Gasteiger partial charge on any atom is -0.341 e. The van der Waals surface area contributed by atoms with Crippen LogP contribution in [0.2, 0.25) is 0 Å². The Morgan fingerprint density at radius 1 is 0.600 bits per heavy atom. The number of aromatic nitrogens is 2. The molecule has 0 radical (unpaired) electrons. The zero-order chi connectivity index (χ0) is 27.6. The molecule has 0 saturated carbocycles. The molecule has 192 valence electrons. The van der Waals surface area contributed by atoms with E-state index in [1.165, 1.54) is 21.8 Å². The summed E-state index contributed by atoms with van der Waals surface area (Å²) in [5, 5.41) is 24.2. The van der Waals surface area contributed by atoms with Crippen LogP contribution < -0.4 is 0 Å². The van der Waals surface area contributed by atoms with E-state index in [-0.39, 0.29) is 11.4 Å².